The van der Waals surface area contributed by atoms with Crippen molar-refractivity contribution in [3.05, 3.63) is 41.5 Å². The van der Waals surface area contributed by atoms with E-state index in [4.69, 9.17) is 4.74 Å². The molecule has 8 nitrogen and oxygen atoms in total. The van der Waals surface area contributed by atoms with Gasteiger partial charge in [-0.25, -0.2) is 0 Å². The first-order valence-corrected chi connectivity index (χ1v) is 9.55. The van der Waals surface area contributed by atoms with Crippen LogP contribution in [0.25, 0.3) is 0 Å². The molecular formula is C20H25N5O3. The van der Waals surface area contributed by atoms with Gasteiger partial charge in [0.1, 0.15) is 5.75 Å². The van der Waals surface area contributed by atoms with Crippen LogP contribution in [0.5, 0.6) is 5.75 Å². The Morgan fingerprint density at radius 1 is 1.36 bits per heavy atom. The zero-order chi connectivity index (χ0) is 19.8. The average Bonchev–Trinajstić information content (AvgIpc) is 3.41. The normalized spacial score (nSPS) is 21.8. The van der Waals surface area contributed by atoms with Crippen LogP contribution in [0.2, 0.25) is 0 Å². The van der Waals surface area contributed by atoms with Gasteiger partial charge in [-0.2, -0.15) is 5.10 Å². The summed E-state index contributed by atoms with van der Waals surface area (Å²) in [6, 6.07) is 1.81. The third-order valence-electron chi connectivity index (χ3n) is 5.78. The van der Waals surface area contributed by atoms with Gasteiger partial charge in [-0.3, -0.25) is 19.3 Å². The van der Waals surface area contributed by atoms with Crippen LogP contribution in [0, 0.1) is 12.8 Å². The number of carbonyl (C=O) groups is 2. The van der Waals surface area contributed by atoms with Crippen molar-refractivity contribution in [1.29, 1.82) is 0 Å². The molecule has 0 spiro atoms. The van der Waals surface area contributed by atoms with E-state index in [1.54, 1.807) is 30.4 Å². The molecule has 2 aliphatic rings. The van der Waals surface area contributed by atoms with Crippen molar-refractivity contribution in [3.63, 3.8) is 0 Å². The lowest BCUT2D eigenvalue weighted by molar-refractivity contribution is -0.129. The number of carbonyl (C=O) groups excluding carboxylic acids is 2. The number of methoxy groups -OCH3 is 1. The number of pyridine rings is 1. The summed E-state index contributed by atoms with van der Waals surface area (Å²) in [5.41, 5.74) is 2.80. The largest absolute Gasteiger partial charge is 0.495 e. The topological polar surface area (TPSA) is 89.3 Å². The molecule has 3 heterocycles. The summed E-state index contributed by atoms with van der Waals surface area (Å²) in [5, 5.41) is 7.32. The molecule has 8 heteroatoms. The number of likely N-dealkylation sites (tertiary alicyclic amines) is 1. The number of amides is 2. The fraction of sp³-hybridized carbons (Fsp3) is 0.500. The van der Waals surface area contributed by atoms with E-state index in [0.717, 1.165) is 29.7 Å². The second-order valence-electron chi connectivity index (χ2n) is 7.50. The molecule has 0 unspecified atom stereocenters. The molecule has 28 heavy (non-hydrogen) atoms. The predicted molar refractivity (Wildman–Crippen MR) is 101 cm³/mol. The minimum atomic E-state index is -0.427. The maximum absolute atomic E-state index is 13.1. The van der Waals surface area contributed by atoms with Crippen molar-refractivity contribution in [3.8, 4) is 5.75 Å². The van der Waals surface area contributed by atoms with Crippen LogP contribution >= 0.6 is 0 Å². The van der Waals surface area contributed by atoms with Gasteiger partial charge in [0, 0.05) is 49.1 Å². The lowest BCUT2D eigenvalue weighted by Gasteiger charge is -2.28. The predicted octanol–water partition coefficient (Wildman–Crippen LogP) is 1.50. The minimum Gasteiger partial charge on any atom is -0.495 e. The number of rotatable bonds is 6. The standard InChI is InChI=1S/C20H25N5O3/c1-12-16(10-23-24(12)2)19-15(8-18(26)25(19)14-4-5-14)20(27)22-9-13-6-7-21-11-17(13)28-3/h6-7,10-11,14-15,19H,4-5,8-9H2,1-3H3,(H,22,27)/t15-,19-/m1/s1. The van der Waals surface area contributed by atoms with Crippen molar-refractivity contribution < 1.29 is 14.3 Å². The molecular weight excluding hydrogens is 358 g/mol. The molecule has 1 saturated heterocycles. The van der Waals surface area contributed by atoms with Crippen LogP contribution in [-0.4, -0.2) is 44.6 Å². The lowest BCUT2D eigenvalue weighted by atomic mass is 9.93. The number of aromatic nitrogens is 3. The van der Waals surface area contributed by atoms with E-state index in [9.17, 15) is 9.59 Å². The molecule has 148 valence electrons. The van der Waals surface area contributed by atoms with Gasteiger partial charge in [0.15, 0.2) is 0 Å². The highest BCUT2D eigenvalue weighted by molar-refractivity contribution is 5.90. The van der Waals surface area contributed by atoms with E-state index in [1.807, 2.05) is 24.9 Å². The number of ether oxygens (including phenoxy) is 1. The van der Waals surface area contributed by atoms with Crippen molar-refractivity contribution in [2.45, 2.75) is 44.8 Å². The van der Waals surface area contributed by atoms with Gasteiger partial charge < -0.3 is 15.0 Å². The third-order valence-corrected chi connectivity index (χ3v) is 5.78. The van der Waals surface area contributed by atoms with Crippen molar-refractivity contribution in [1.82, 2.24) is 25.0 Å². The summed E-state index contributed by atoms with van der Waals surface area (Å²) in [7, 11) is 3.45. The molecule has 2 aromatic heterocycles. The zero-order valence-corrected chi connectivity index (χ0v) is 16.4. The highest BCUT2D eigenvalue weighted by Gasteiger charge is 2.50. The summed E-state index contributed by atoms with van der Waals surface area (Å²) >= 11 is 0. The third kappa shape index (κ3) is 3.23. The Morgan fingerprint density at radius 3 is 2.79 bits per heavy atom. The van der Waals surface area contributed by atoms with E-state index in [1.165, 1.54) is 0 Å². The quantitative estimate of drug-likeness (QED) is 0.817. The fourth-order valence-corrected chi connectivity index (χ4v) is 4.00. The highest BCUT2D eigenvalue weighted by Crippen LogP contribution is 2.45. The molecule has 1 aliphatic carbocycles. The first-order valence-electron chi connectivity index (χ1n) is 9.55. The summed E-state index contributed by atoms with van der Waals surface area (Å²) in [4.78, 5) is 31.8. The Morgan fingerprint density at radius 2 is 2.14 bits per heavy atom. The Kier molecular flexibility index (Phi) is 4.78. The molecule has 0 bridgehead atoms. The monoisotopic (exact) mass is 383 g/mol. The van der Waals surface area contributed by atoms with E-state index >= 15 is 0 Å². The summed E-state index contributed by atoms with van der Waals surface area (Å²) in [5.74, 6) is 0.134. The van der Waals surface area contributed by atoms with Crippen LogP contribution in [0.1, 0.15) is 42.1 Å². The molecule has 2 atom stereocenters. The molecule has 1 N–H and O–H groups in total. The fourth-order valence-electron chi connectivity index (χ4n) is 4.00. The van der Waals surface area contributed by atoms with Crippen LogP contribution in [0.15, 0.2) is 24.7 Å². The van der Waals surface area contributed by atoms with Gasteiger partial charge in [0.25, 0.3) is 0 Å². The molecule has 1 saturated carbocycles. The number of hydrogen-bond donors (Lipinski definition) is 1. The average molecular weight is 383 g/mol. The maximum atomic E-state index is 13.1. The van der Waals surface area contributed by atoms with Gasteiger partial charge in [-0.05, 0) is 25.8 Å². The molecule has 1 aliphatic heterocycles. The Hall–Kier alpha value is -2.90. The van der Waals surface area contributed by atoms with Crippen LogP contribution in [0.3, 0.4) is 0 Å². The van der Waals surface area contributed by atoms with Gasteiger partial charge in [0.2, 0.25) is 11.8 Å². The molecule has 0 radical (unpaired) electrons. The molecule has 2 aromatic rings. The minimum absolute atomic E-state index is 0.0531. The van der Waals surface area contributed by atoms with Gasteiger partial charge in [-0.15, -0.1) is 0 Å². The second-order valence-corrected chi connectivity index (χ2v) is 7.50. The SMILES string of the molecule is COc1cnccc1CNC(=O)[C@@H]1CC(=O)N(C2CC2)[C@H]1c1cnn(C)c1C. The number of nitrogens with zero attached hydrogens (tertiary/aromatic N) is 4. The smallest absolute Gasteiger partial charge is 0.226 e. The highest BCUT2D eigenvalue weighted by atomic mass is 16.5. The zero-order valence-electron chi connectivity index (χ0n) is 16.4. The van der Waals surface area contributed by atoms with Crippen molar-refractivity contribution >= 4 is 11.8 Å². The number of hydrogen-bond acceptors (Lipinski definition) is 5. The van der Waals surface area contributed by atoms with Crippen molar-refractivity contribution in [2.24, 2.45) is 13.0 Å². The van der Waals surface area contributed by atoms with Crippen LogP contribution in [0.4, 0.5) is 0 Å². The molecule has 4 rings (SSSR count). The lowest BCUT2D eigenvalue weighted by Crippen LogP contribution is -2.36. The van der Waals surface area contributed by atoms with Gasteiger partial charge in [0.05, 0.1) is 31.5 Å². The second kappa shape index (κ2) is 7.26. The number of nitrogens with one attached hydrogen (secondary N) is 1. The first kappa shape index (κ1) is 18.5. The Balaban J connectivity index is 1.57. The molecule has 2 amide bonds. The summed E-state index contributed by atoms with van der Waals surface area (Å²) < 4.78 is 7.09. The van der Waals surface area contributed by atoms with Crippen LogP contribution in [-0.2, 0) is 23.2 Å². The van der Waals surface area contributed by atoms with Crippen LogP contribution < -0.4 is 10.1 Å². The molecule has 0 aromatic carbocycles. The van der Waals surface area contributed by atoms with E-state index in [0.29, 0.717) is 12.3 Å². The number of aryl methyl sites for hydroxylation is 1. The van der Waals surface area contributed by atoms with Crippen molar-refractivity contribution in [2.75, 3.05) is 7.11 Å². The van der Waals surface area contributed by atoms with E-state index in [-0.39, 0.29) is 30.3 Å². The summed E-state index contributed by atoms with van der Waals surface area (Å²) in [6.45, 7) is 2.31. The maximum Gasteiger partial charge on any atom is 0.226 e. The summed E-state index contributed by atoms with van der Waals surface area (Å²) in [6.07, 6.45) is 7.32. The first-order chi connectivity index (χ1) is 13.5. The Labute approximate surface area is 163 Å². The molecule has 2 fully saturated rings. The van der Waals surface area contributed by atoms with E-state index < -0.39 is 5.92 Å². The van der Waals surface area contributed by atoms with Gasteiger partial charge >= 0.3 is 0 Å². The Bertz CT molecular complexity index is 905. The van der Waals surface area contributed by atoms with Gasteiger partial charge in [-0.1, -0.05) is 0 Å². The van der Waals surface area contributed by atoms with E-state index in [2.05, 4.69) is 15.4 Å².